The maximum absolute atomic E-state index is 12.7. The Kier molecular flexibility index (Phi) is 7.07. The van der Waals surface area contributed by atoms with E-state index in [0.717, 1.165) is 24.0 Å². The number of urea groups is 1. The lowest BCUT2D eigenvalue weighted by molar-refractivity contribution is -0.138. The minimum absolute atomic E-state index is 0.144. The zero-order valence-electron chi connectivity index (χ0n) is 18.3. The van der Waals surface area contributed by atoms with E-state index in [4.69, 9.17) is 9.84 Å². The molecule has 1 aromatic heterocycles. The molecule has 9 heteroatoms. The van der Waals surface area contributed by atoms with Gasteiger partial charge < -0.3 is 25.4 Å². The van der Waals surface area contributed by atoms with E-state index in [1.54, 1.807) is 29.4 Å². The Morgan fingerprint density at radius 3 is 2.45 bits per heavy atom. The molecule has 2 aromatic rings. The van der Waals surface area contributed by atoms with Crippen molar-refractivity contribution >= 4 is 29.5 Å². The van der Waals surface area contributed by atoms with Crippen molar-refractivity contribution in [3.63, 3.8) is 0 Å². The van der Waals surface area contributed by atoms with Gasteiger partial charge in [-0.05, 0) is 73.4 Å². The number of ether oxygens (including phenoxy) is 1. The minimum Gasteiger partial charge on any atom is -0.481 e. The molecule has 2 aliphatic rings. The molecule has 1 aromatic carbocycles. The van der Waals surface area contributed by atoms with E-state index in [0.29, 0.717) is 43.7 Å². The molecule has 2 heterocycles. The van der Waals surface area contributed by atoms with E-state index in [1.807, 2.05) is 18.2 Å². The fourth-order valence-electron chi connectivity index (χ4n) is 4.43. The van der Waals surface area contributed by atoms with Gasteiger partial charge in [-0.1, -0.05) is 6.07 Å². The zero-order chi connectivity index (χ0) is 23.2. The lowest BCUT2D eigenvalue weighted by Crippen LogP contribution is -2.39. The molecule has 0 radical (unpaired) electrons. The van der Waals surface area contributed by atoms with E-state index in [-0.39, 0.29) is 30.6 Å². The van der Waals surface area contributed by atoms with Crippen LogP contribution in [-0.4, -0.2) is 45.7 Å². The zero-order valence-corrected chi connectivity index (χ0v) is 18.3. The molecule has 174 valence electrons. The van der Waals surface area contributed by atoms with E-state index in [9.17, 15) is 14.4 Å². The van der Waals surface area contributed by atoms with Crippen LogP contribution in [0.15, 0.2) is 42.7 Å². The Morgan fingerprint density at radius 1 is 1.00 bits per heavy atom. The summed E-state index contributed by atoms with van der Waals surface area (Å²) in [5.41, 5.74) is 3.47. The Morgan fingerprint density at radius 2 is 1.73 bits per heavy atom. The first kappa shape index (κ1) is 22.6. The third-order valence-corrected chi connectivity index (χ3v) is 6.20. The molecule has 0 spiro atoms. The molecule has 3 amide bonds. The summed E-state index contributed by atoms with van der Waals surface area (Å²) in [7, 11) is 0. The SMILES string of the molecule is O=C(O)CC1CCC(OC(=O)N2CCc3cc(NC(=O)Nc4ccncc4)ccc3C2)CC1. The van der Waals surface area contributed by atoms with Crippen molar-refractivity contribution in [2.45, 2.75) is 51.2 Å². The second-order valence-corrected chi connectivity index (χ2v) is 8.59. The number of hydrogen-bond acceptors (Lipinski definition) is 5. The van der Waals surface area contributed by atoms with Gasteiger partial charge in [0.15, 0.2) is 0 Å². The summed E-state index contributed by atoms with van der Waals surface area (Å²) < 4.78 is 5.70. The number of carbonyl (C=O) groups excluding carboxylic acids is 2. The summed E-state index contributed by atoms with van der Waals surface area (Å²) in [6, 6.07) is 8.77. The molecule has 0 atom stereocenters. The van der Waals surface area contributed by atoms with E-state index < -0.39 is 5.97 Å². The fourth-order valence-corrected chi connectivity index (χ4v) is 4.43. The standard InChI is InChI=1S/C24H28N4O5/c29-22(30)13-16-1-5-21(6-2-16)33-24(32)28-12-9-17-14-20(4-3-18(17)15-28)27-23(31)26-19-7-10-25-11-8-19/h3-4,7-8,10-11,14,16,21H,1-2,5-6,9,12-13,15H2,(H,29,30)(H2,25,26,27,31). The Labute approximate surface area is 192 Å². The van der Waals surface area contributed by atoms with Gasteiger partial charge in [0.05, 0.1) is 0 Å². The number of hydrogen-bond donors (Lipinski definition) is 3. The molecule has 1 aliphatic heterocycles. The van der Waals surface area contributed by atoms with Gasteiger partial charge in [-0.2, -0.15) is 0 Å². The molecule has 9 nitrogen and oxygen atoms in total. The number of rotatable bonds is 5. The lowest BCUT2D eigenvalue weighted by atomic mass is 9.85. The lowest BCUT2D eigenvalue weighted by Gasteiger charge is -2.32. The van der Waals surface area contributed by atoms with Crippen molar-refractivity contribution in [2.24, 2.45) is 5.92 Å². The van der Waals surface area contributed by atoms with Gasteiger partial charge in [0, 0.05) is 43.3 Å². The third-order valence-electron chi connectivity index (χ3n) is 6.20. The van der Waals surface area contributed by atoms with Gasteiger partial charge in [-0.15, -0.1) is 0 Å². The van der Waals surface area contributed by atoms with Crippen LogP contribution in [0.4, 0.5) is 21.0 Å². The first-order valence-corrected chi connectivity index (χ1v) is 11.2. The molecule has 4 rings (SSSR count). The van der Waals surface area contributed by atoms with Crippen molar-refractivity contribution in [1.82, 2.24) is 9.88 Å². The molecule has 1 fully saturated rings. The maximum atomic E-state index is 12.7. The van der Waals surface area contributed by atoms with Crippen molar-refractivity contribution in [3.05, 3.63) is 53.9 Å². The van der Waals surface area contributed by atoms with Gasteiger partial charge in [-0.3, -0.25) is 9.78 Å². The monoisotopic (exact) mass is 452 g/mol. The summed E-state index contributed by atoms with van der Waals surface area (Å²) in [4.78, 5) is 41.4. The number of benzene rings is 1. The van der Waals surface area contributed by atoms with Crippen LogP contribution in [0.2, 0.25) is 0 Å². The predicted molar refractivity (Wildman–Crippen MR) is 122 cm³/mol. The number of pyridine rings is 1. The summed E-state index contributed by atoms with van der Waals surface area (Å²) in [5, 5.41) is 14.5. The van der Waals surface area contributed by atoms with Gasteiger partial charge in [0.2, 0.25) is 0 Å². The first-order valence-electron chi connectivity index (χ1n) is 11.2. The third kappa shape index (κ3) is 6.21. The molecular formula is C24H28N4O5. The van der Waals surface area contributed by atoms with Crippen LogP contribution in [0.25, 0.3) is 0 Å². The number of carboxylic acids is 1. The molecule has 1 aliphatic carbocycles. The van der Waals surface area contributed by atoms with Crippen LogP contribution in [0.1, 0.15) is 43.2 Å². The van der Waals surface area contributed by atoms with E-state index >= 15 is 0 Å². The highest BCUT2D eigenvalue weighted by molar-refractivity contribution is 5.99. The Bertz CT molecular complexity index is 1010. The number of nitrogens with zero attached hydrogens (tertiary/aromatic N) is 2. The second-order valence-electron chi connectivity index (χ2n) is 8.59. The van der Waals surface area contributed by atoms with Gasteiger partial charge in [0.25, 0.3) is 0 Å². The highest BCUT2D eigenvalue weighted by Crippen LogP contribution is 2.30. The van der Waals surface area contributed by atoms with Gasteiger partial charge in [0.1, 0.15) is 6.10 Å². The molecule has 0 bridgehead atoms. The molecule has 33 heavy (non-hydrogen) atoms. The van der Waals surface area contributed by atoms with Gasteiger partial charge >= 0.3 is 18.1 Å². The van der Waals surface area contributed by atoms with E-state index in [1.165, 1.54) is 0 Å². The van der Waals surface area contributed by atoms with Crippen molar-refractivity contribution < 1.29 is 24.2 Å². The summed E-state index contributed by atoms with van der Waals surface area (Å²) in [6.07, 6.45) is 6.59. The smallest absolute Gasteiger partial charge is 0.410 e. The number of fused-ring (bicyclic) bond motifs is 1. The summed E-state index contributed by atoms with van der Waals surface area (Å²) >= 11 is 0. The summed E-state index contributed by atoms with van der Waals surface area (Å²) in [5.74, 6) is -0.593. The van der Waals surface area contributed by atoms with E-state index in [2.05, 4.69) is 15.6 Å². The average molecular weight is 453 g/mol. The van der Waals surface area contributed by atoms with Crippen LogP contribution in [0.3, 0.4) is 0 Å². The van der Waals surface area contributed by atoms with Crippen molar-refractivity contribution in [2.75, 3.05) is 17.2 Å². The van der Waals surface area contributed by atoms with Crippen molar-refractivity contribution in [1.29, 1.82) is 0 Å². The number of anilines is 2. The number of carboxylic acid groups (broad SMARTS) is 1. The molecule has 0 unspecified atom stereocenters. The predicted octanol–water partition coefficient (Wildman–Crippen LogP) is 4.25. The number of aromatic nitrogens is 1. The highest BCUT2D eigenvalue weighted by atomic mass is 16.6. The Balaban J connectivity index is 1.27. The second kappa shape index (κ2) is 10.3. The number of carbonyl (C=O) groups is 3. The quantitative estimate of drug-likeness (QED) is 0.624. The molecule has 3 N–H and O–H groups in total. The number of aliphatic carboxylic acids is 1. The average Bonchev–Trinajstić information content (AvgIpc) is 2.80. The first-order chi connectivity index (χ1) is 16.0. The Hall–Kier alpha value is -3.62. The normalized spacial score (nSPS) is 19.8. The molecule has 1 saturated carbocycles. The van der Waals surface area contributed by atoms with Crippen LogP contribution in [0, 0.1) is 5.92 Å². The summed E-state index contributed by atoms with van der Waals surface area (Å²) in [6.45, 7) is 1.01. The maximum Gasteiger partial charge on any atom is 0.410 e. The highest BCUT2D eigenvalue weighted by Gasteiger charge is 2.28. The largest absolute Gasteiger partial charge is 0.481 e. The van der Waals surface area contributed by atoms with Crippen molar-refractivity contribution in [3.8, 4) is 0 Å². The van der Waals surface area contributed by atoms with Crippen LogP contribution in [0.5, 0.6) is 0 Å². The topological polar surface area (TPSA) is 121 Å². The number of amides is 3. The van der Waals surface area contributed by atoms with Crippen LogP contribution >= 0.6 is 0 Å². The fraction of sp³-hybridized carbons (Fsp3) is 0.417. The minimum atomic E-state index is -0.768. The number of nitrogens with one attached hydrogen (secondary N) is 2. The molecule has 0 saturated heterocycles. The van der Waals surface area contributed by atoms with Crippen LogP contribution in [-0.2, 0) is 22.5 Å². The van der Waals surface area contributed by atoms with Crippen LogP contribution < -0.4 is 10.6 Å². The molecular weight excluding hydrogens is 424 g/mol. The van der Waals surface area contributed by atoms with Gasteiger partial charge in [-0.25, -0.2) is 9.59 Å².